The van der Waals surface area contributed by atoms with Gasteiger partial charge < -0.3 is 19.9 Å². The summed E-state index contributed by atoms with van der Waals surface area (Å²) < 4.78 is 5.25. The molecule has 1 saturated heterocycles. The van der Waals surface area contributed by atoms with E-state index in [1.165, 1.54) is 13.3 Å². The highest BCUT2D eigenvalue weighted by Crippen LogP contribution is 2.27. The molecular weight excluding hydrogens is 272 g/mol. The third-order valence-electron chi connectivity index (χ3n) is 3.60. The van der Waals surface area contributed by atoms with Crippen LogP contribution in [-0.4, -0.2) is 59.8 Å². The highest BCUT2D eigenvalue weighted by molar-refractivity contribution is 6.45. The van der Waals surface area contributed by atoms with Crippen LogP contribution in [0.15, 0.2) is 18.5 Å². The summed E-state index contributed by atoms with van der Waals surface area (Å²) in [6.45, 7) is 2.50. The van der Waals surface area contributed by atoms with E-state index in [0.717, 1.165) is 0 Å². The number of rotatable bonds is 3. The van der Waals surface area contributed by atoms with Crippen LogP contribution in [0.1, 0.15) is 10.4 Å². The van der Waals surface area contributed by atoms with Crippen molar-refractivity contribution in [3.05, 3.63) is 24.0 Å². The van der Waals surface area contributed by atoms with Crippen molar-refractivity contribution in [1.82, 2.24) is 20.2 Å². The molecule has 1 aliphatic heterocycles. The Morgan fingerprint density at radius 3 is 2.81 bits per heavy atom. The molecule has 0 unspecified atom stereocenters. The molecule has 110 valence electrons. The summed E-state index contributed by atoms with van der Waals surface area (Å²) >= 11 is 0. The first-order chi connectivity index (χ1) is 10.2. The summed E-state index contributed by atoms with van der Waals surface area (Å²) in [4.78, 5) is 33.4. The monoisotopic (exact) mass is 288 g/mol. The van der Waals surface area contributed by atoms with Crippen molar-refractivity contribution in [2.24, 2.45) is 0 Å². The average molecular weight is 288 g/mol. The molecule has 1 aliphatic rings. The van der Waals surface area contributed by atoms with Gasteiger partial charge in [-0.2, -0.15) is 0 Å². The molecular formula is C14H16N4O3. The first-order valence-corrected chi connectivity index (χ1v) is 6.76. The number of ether oxygens (including phenoxy) is 1. The number of nitrogens with zero attached hydrogens (tertiary/aromatic N) is 2. The number of methoxy groups -OCH3 is 1. The van der Waals surface area contributed by atoms with Crippen molar-refractivity contribution in [2.45, 2.75) is 0 Å². The molecule has 2 aromatic heterocycles. The van der Waals surface area contributed by atoms with Crippen molar-refractivity contribution < 1.29 is 14.3 Å². The van der Waals surface area contributed by atoms with Gasteiger partial charge in [-0.1, -0.05) is 0 Å². The Hall–Kier alpha value is -2.41. The average Bonchev–Trinajstić information content (AvgIpc) is 2.98. The highest BCUT2D eigenvalue weighted by Gasteiger charge is 2.27. The highest BCUT2D eigenvalue weighted by atomic mass is 16.5. The van der Waals surface area contributed by atoms with Gasteiger partial charge in [0.05, 0.1) is 18.1 Å². The second kappa shape index (κ2) is 5.53. The molecule has 0 radical (unpaired) electrons. The maximum Gasteiger partial charge on any atom is 0.295 e. The van der Waals surface area contributed by atoms with Crippen molar-refractivity contribution in [2.75, 3.05) is 33.3 Å². The number of hydrogen-bond donors (Lipinski definition) is 2. The lowest BCUT2D eigenvalue weighted by molar-refractivity contribution is -0.126. The van der Waals surface area contributed by atoms with Gasteiger partial charge in [-0.15, -0.1) is 0 Å². The van der Waals surface area contributed by atoms with E-state index in [1.54, 1.807) is 17.2 Å². The molecule has 2 aromatic rings. The zero-order valence-electron chi connectivity index (χ0n) is 11.7. The summed E-state index contributed by atoms with van der Waals surface area (Å²) in [5.41, 5.74) is 0.837. The number of carbonyl (C=O) groups excluding carboxylic acids is 2. The van der Waals surface area contributed by atoms with Crippen LogP contribution in [0.3, 0.4) is 0 Å². The minimum Gasteiger partial charge on any atom is -0.496 e. The number of fused-ring (bicyclic) bond motifs is 1. The predicted molar refractivity (Wildman–Crippen MR) is 76.4 cm³/mol. The predicted octanol–water partition coefficient (Wildman–Crippen LogP) is 0.186. The fourth-order valence-corrected chi connectivity index (χ4v) is 2.50. The molecule has 0 atom stereocenters. The van der Waals surface area contributed by atoms with E-state index < -0.39 is 11.7 Å². The lowest BCUT2D eigenvalue weighted by Gasteiger charge is -2.26. The molecule has 3 rings (SSSR count). The van der Waals surface area contributed by atoms with Crippen LogP contribution < -0.4 is 10.1 Å². The summed E-state index contributed by atoms with van der Waals surface area (Å²) in [6.07, 6.45) is 3.10. The van der Waals surface area contributed by atoms with Gasteiger partial charge >= 0.3 is 0 Å². The van der Waals surface area contributed by atoms with Gasteiger partial charge in [-0.05, 0) is 6.07 Å². The van der Waals surface area contributed by atoms with Gasteiger partial charge in [0.1, 0.15) is 11.4 Å². The van der Waals surface area contributed by atoms with Crippen molar-refractivity contribution >= 4 is 22.7 Å². The topological polar surface area (TPSA) is 87.3 Å². The van der Waals surface area contributed by atoms with Crippen LogP contribution in [0.4, 0.5) is 0 Å². The third kappa shape index (κ3) is 2.36. The van der Waals surface area contributed by atoms with Gasteiger partial charge in [-0.3, -0.25) is 9.59 Å². The van der Waals surface area contributed by atoms with Gasteiger partial charge in [0.15, 0.2) is 0 Å². The van der Waals surface area contributed by atoms with Crippen molar-refractivity contribution in [3.63, 3.8) is 0 Å². The fourth-order valence-electron chi connectivity index (χ4n) is 2.50. The largest absolute Gasteiger partial charge is 0.496 e. The lowest BCUT2D eigenvalue weighted by atomic mass is 10.1. The van der Waals surface area contributed by atoms with Gasteiger partial charge in [0.2, 0.25) is 0 Å². The van der Waals surface area contributed by atoms with E-state index in [0.29, 0.717) is 48.5 Å². The number of aromatic amines is 1. The van der Waals surface area contributed by atoms with Crippen LogP contribution in [0.5, 0.6) is 5.75 Å². The number of Topliss-reactive ketones (excluding diaryl/α,β-unsaturated/α-hetero) is 1. The maximum atomic E-state index is 12.5. The summed E-state index contributed by atoms with van der Waals surface area (Å²) in [6, 6.07) is 1.67. The minimum atomic E-state index is -0.533. The van der Waals surface area contributed by atoms with E-state index >= 15 is 0 Å². The smallest absolute Gasteiger partial charge is 0.295 e. The number of amides is 1. The van der Waals surface area contributed by atoms with Gasteiger partial charge in [0, 0.05) is 38.6 Å². The molecule has 7 heteroatoms. The molecule has 2 N–H and O–H groups in total. The minimum absolute atomic E-state index is 0.304. The zero-order valence-corrected chi connectivity index (χ0v) is 11.7. The molecule has 21 heavy (non-hydrogen) atoms. The van der Waals surface area contributed by atoms with Gasteiger partial charge in [-0.25, -0.2) is 4.98 Å². The van der Waals surface area contributed by atoms with E-state index in [9.17, 15) is 9.59 Å². The molecule has 7 nitrogen and oxygen atoms in total. The number of pyridine rings is 1. The normalized spacial score (nSPS) is 15.2. The molecule has 1 fully saturated rings. The second-order valence-corrected chi connectivity index (χ2v) is 4.81. The van der Waals surface area contributed by atoms with Crippen LogP contribution in [-0.2, 0) is 4.79 Å². The molecule has 3 heterocycles. The number of nitrogens with one attached hydrogen (secondary N) is 2. The van der Waals surface area contributed by atoms with Crippen molar-refractivity contribution in [3.8, 4) is 5.75 Å². The van der Waals surface area contributed by atoms with Crippen LogP contribution in [0.2, 0.25) is 0 Å². The second-order valence-electron chi connectivity index (χ2n) is 4.81. The van der Waals surface area contributed by atoms with Crippen LogP contribution in [0.25, 0.3) is 11.0 Å². The zero-order chi connectivity index (χ0) is 14.8. The van der Waals surface area contributed by atoms with E-state index in [-0.39, 0.29) is 0 Å². The number of H-pyrrole nitrogens is 1. The molecule has 0 aliphatic carbocycles. The number of aromatic nitrogens is 2. The van der Waals surface area contributed by atoms with Crippen LogP contribution >= 0.6 is 0 Å². The first-order valence-electron chi connectivity index (χ1n) is 6.76. The van der Waals surface area contributed by atoms with E-state index in [1.807, 2.05) is 0 Å². The maximum absolute atomic E-state index is 12.5. The Balaban J connectivity index is 1.96. The SMILES string of the molecule is COc1ccnc2[nH]cc(C(=O)C(=O)N3CCNCC3)c12. The molecule has 1 amide bonds. The Morgan fingerprint density at radius 1 is 1.33 bits per heavy atom. The molecule has 0 bridgehead atoms. The number of carbonyl (C=O) groups is 2. The number of ketones is 1. The van der Waals surface area contributed by atoms with E-state index in [2.05, 4.69) is 15.3 Å². The number of piperazine rings is 1. The van der Waals surface area contributed by atoms with E-state index in [4.69, 9.17) is 4.74 Å². The molecule has 0 saturated carbocycles. The summed E-state index contributed by atoms with van der Waals surface area (Å²) in [5, 5.41) is 3.70. The van der Waals surface area contributed by atoms with Crippen molar-refractivity contribution in [1.29, 1.82) is 0 Å². The van der Waals surface area contributed by atoms with Gasteiger partial charge in [0.25, 0.3) is 11.7 Å². The molecule has 0 spiro atoms. The fraction of sp³-hybridized carbons (Fsp3) is 0.357. The molecule has 0 aromatic carbocycles. The Morgan fingerprint density at radius 2 is 2.10 bits per heavy atom. The Bertz CT molecular complexity index is 689. The Labute approximate surface area is 121 Å². The quantitative estimate of drug-likeness (QED) is 0.622. The third-order valence-corrected chi connectivity index (χ3v) is 3.60. The summed E-state index contributed by atoms with van der Waals surface area (Å²) in [5.74, 6) is -0.490. The summed E-state index contributed by atoms with van der Waals surface area (Å²) in [7, 11) is 1.52. The lowest BCUT2D eigenvalue weighted by Crippen LogP contribution is -2.48. The van der Waals surface area contributed by atoms with Crippen LogP contribution in [0, 0.1) is 0 Å². The number of hydrogen-bond acceptors (Lipinski definition) is 5. The standard InChI is InChI=1S/C14H16N4O3/c1-21-10-2-3-16-13-11(10)9(8-17-13)12(19)14(20)18-6-4-15-5-7-18/h2-3,8,15H,4-7H2,1H3,(H,16,17). The Kier molecular flexibility index (Phi) is 3.57. The first kappa shape index (κ1) is 13.6.